The molecule has 0 spiro atoms. The molecule has 1 fully saturated rings. The minimum atomic E-state index is -0.240. The SMILES string of the molecule is Cc1ccc(C(=O)NC2CC2)cc1NC(=O)c1cnc(N[C@H](C)c2ccccc2)s1. The normalized spacial score (nSPS) is 14.1. The lowest BCUT2D eigenvalue weighted by atomic mass is 10.1. The van der Waals surface area contributed by atoms with Gasteiger partial charge in [-0.1, -0.05) is 47.7 Å². The third kappa shape index (κ3) is 4.86. The van der Waals surface area contributed by atoms with E-state index >= 15 is 0 Å². The average molecular weight is 421 g/mol. The van der Waals surface area contributed by atoms with E-state index in [1.807, 2.05) is 43.3 Å². The second-order valence-electron chi connectivity index (χ2n) is 7.54. The summed E-state index contributed by atoms with van der Waals surface area (Å²) in [4.78, 5) is 29.9. The first kappa shape index (κ1) is 20.1. The lowest BCUT2D eigenvalue weighted by molar-refractivity contribution is 0.0949. The molecule has 1 atom stereocenters. The fourth-order valence-corrected chi connectivity index (χ4v) is 3.83. The molecule has 2 amide bonds. The van der Waals surface area contributed by atoms with E-state index in [-0.39, 0.29) is 17.9 Å². The number of carbonyl (C=O) groups excluding carboxylic acids is 2. The summed E-state index contributed by atoms with van der Waals surface area (Å²) in [6, 6.07) is 15.8. The monoisotopic (exact) mass is 420 g/mol. The van der Waals surface area contributed by atoms with Crippen LogP contribution in [-0.4, -0.2) is 22.8 Å². The van der Waals surface area contributed by atoms with E-state index in [1.54, 1.807) is 18.3 Å². The number of nitrogens with zero attached hydrogens (tertiary/aromatic N) is 1. The number of nitrogens with one attached hydrogen (secondary N) is 3. The van der Waals surface area contributed by atoms with Gasteiger partial charge in [0.1, 0.15) is 4.88 Å². The van der Waals surface area contributed by atoms with E-state index in [2.05, 4.69) is 27.9 Å². The Morgan fingerprint density at radius 3 is 2.60 bits per heavy atom. The van der Waals surface area contributed by atoms with Crippen LogP contribution in [0.15, 0.2) is 54.7 Å². The number of thiazole rings is 1. The predicted molar refractivity (Wildman–Crippen MR) is 120 cm³/mol. The van der Waals surface area contributed by atoms with Gasteiger partial charge in [-0.3, -0.25) is 9.59 Å². The van der Waals surface area contributed by atoms with Gasteiger partial charge >= 0.3 is 0 Å². The van der Waals surface area contributed by atoms with Crippen molar-refractivity contribution in [1.82, 2.24) is 10.3 Å². The van der Waals surface area contributed by atoms with E-state index in [0.717, 1.165) is 24.0 Å². The maximum atomic E-state index is 12.7. The summed E-state index contributed by atoms with van der Waals surface area (Å²) in [7, 11) is 0. The molecule has 0 radical (unpaired) electrons. The van der Waals surface area contributed by atoms with Crippen molar-refractivity contribution in [3.63, 3.8) is 0 Å². The summed E-state index contributed by atoms with van der Waals surface area (Å²) < 4.78 is 0. The van der Waals surface area contributed by atoms with Crippen LogP contribution in [-0.2, 0) is 0 Å². The minimum absolute atomic E-state index is 0.0807. The standard InChI is InChI=1S/C23H24N4O2S/c1-14-8-9-17(21(28)26-18-10-11-18)12-19(14)27-22(29)20-13-24-23(30-20)25-15(2)16-6-4-3-5-7-16/h3-9,12-13,15,18H,10-11H2,1-2H3,(H,24,25)(H,26,28)(H,27,29)/t15-/m1/s1. The summed E-state index contributed by atoms with van der Waals surface area (Å²) in [6.45, 7) is 3.96. The third-order valence-corrected chi connectivity index (χ3v) is 5.96. The van der Waals surface area contributed by atoms with Crippen LogP contribution in [0.4, 0.5) is 10.8 Å². The van der Waals surface area contributed by atoms with Crippen LogP contribution < -0.4 is 16.0 Å². The Morgan fingerprint density at radius 1 is 1.10 bits per heavy atom. The van der Waals surface area contributed by atoms with Crippen LogP contribution >= 0.6 is 11.3 Å². The van der Waals surface area contributed by atoms with Gasteiger partial charge in [-0.15, -0.1) is 0 Å². The minimum Gasteiger partial charge on any atom is -0.355 e. The topological polar surface area (TPSA) is 83.1 Å². The Kier molecular flexibility index (Phi) is 5.81. The van der Waals surface area contributed by atoms with Crippen molar-refractivity contribution < 1.29 is 9.59 Å². The summed E-state index contributed by atoms with van der Waals surface area (Å²) >= 11 is 1.30. The number of aromatic nitrogens is 1. The second kappa shape index (κ2) is 8.67. The number of hydrogen-bond acceptors (Lipinski definition) is 5. The summed E-state index contributed by atoms with van der Waals surface area (Å²) in [6.07, 6.45) is 3.64. The van der Waals surface area contributed by atoms with Gasteiger partial charge in [0.25, 0.3) is 11.8 Å². The lowest BCUT2D eigenvalue weighted by Crippen LogP contribution is -2.25. The van der Waals surface area contributed by atoms with Gasteiger partial charge in [0.05, 0.1) is 12.2 Å². The molecule has 3 aromatic rings. The molecule has 1 saturated carbocycles. The first-order chi connectivity index (χ1) is 14.5. The molecule has 6 nitrogen and oxygen atoms in total. The van der Waals surface area contributed by atoms with Crippen molar-refractivity contribution >= 4 is 34.0 Å². The zero-order chi connectivity index (χ0) is 21.1. The van der Waals surface area contributed by atoms with Crippen LogP contribution in [0.2, 0.25) is 0 Å². The maximum Gasteiger partial charge on any atom is 0.267 e. The van der Waals surface area contributed by atoms with Crippen molar-refractivity contribution in [3.05, 3.63) is 76.3 Å². The lowest BCUT2D eigenvalue weighted by Gasteiger charge is -2.12. The molecule has 0 bridgehead atoms. The van der Waals surface area contributed by atoms with E-state index in [4.69, 9.17) is 0 Å². The molecular weight excluding hydrogens is 396 g/mol. The number of benzene rings is 2. The summed E-state index contributed by atoms with van der Waals surface area (Å²) in [5.41, 5.74) is 3.22. The molecule has 1 aromatic heterocycles. The van der Waals surface area contributed by atoms with Gasteiger partial charge in [0.2, 0.25) is 0 Å². The van der Waals surface area contributed by atoms with Gasteiger partial charge in [0, 0.05) is 17.3 Å². The quantitative estimate of drug-likeness (QED) is 0.514. The highest BCUT2D eigenvalue weighted by molar-refractivity contribution is 7.17. The summed E-state index contributed by atoms with van der Waals surface area (Å²) in [5, 5.41) is 9.90. The van der Waals surface area contributed by atoms with Crippen molar-refractivity contribution in [1.29, 1.82) is 0 Å². The molecule has 4 rings (SSSR count). The second-order valence-corrected chi connectivity index (χ2v) is 8.57. The number of aryl methyl sites for hydroxylation is 1. The smallest absolute Gasteiger partial charge is 0.267 e. The van der Waals surface area contributed by atoms with E-state index < -0.39 is 0 Å². The molecule has 0 aliphatic heterocycles. The summed E-state index contributed by atoms with van der Waals surface area (Å²) in [5.74, 6) is -0.344. The fraction of sp³-hybridized carbons (Fsp3) is 0.261. The Labute approximate surface area is 179 Å². The highest BCUT2D eigenvalue weighted by Gasteiger charge is 2.24. The predicted octanol–water partition coefficient (Wildman–Crippen LogP) is 4.77. The van der Waals surface area contributed by atoms with Crippen molar-refractivity contribution in [2.75, 3.05) is 10.6 Å². The Hall–Kier alpha value is -3.19. The van der Waals surface area contributed by atoms with Crippen LogP contribution in [0.1, 0.15) is 57.0 Å². The maximum absolute atomic E-state index is 12.7. The number of carbonyl (C=O) groups is 2. The Morgan fingerprint density at radius 2 is 1.87 bits per heavy atom. The van der Waals surface area contributed by atoms with E-state index in [0.29, 0.717) is 27.3 Å². The van der Waals surface area contributed by atoms with Gasteiger partial charge in [-0.2, -0.15) is 0 Å². The van der Waals surface area contributed by atoms with Gasteiger partial charge < -0.3 is 16.0 Å². The number of hydrogen-bond donors (Lipinski definition) is 3. The molecular formula is C23H24N4O2S. The van der Waals surface area contributed by atoms with Gasteiger partial charge in [-0.05, 0) is 49.9 Å². The number of rotatable bonds is 7. The van der Waals surface area contributed by atoms with Crippen molar-refractivity contribution in [2.24, 2.45) is 0 Å². The van der Waals surface area contributed by atoms with E-state index in [1.165, 1.54) is 11.3 Å². The zero-order valence-electron chi connectivity index (χ0n) is 16.9. The molecule has 1 heterocycles. The van der Waals surface area contributed by atoms with Crippen LogP contribution in [0.3, 0.4) is 0 Å². The molecule has 1 aliphatic carbocycles. The van der Waals surface area contributed by atoms with Crippen LogP contribution in [0.25, 0.3) is 0 Å². The van der Waals surface area contributed by atoms with Gasteiger partial charge in [-0.25, -0.2) is 4.98 Å². The van der Waals surface area contributed by atoms with E-state index in [9.17, 15) is 9.59 Å². The molecule has 0 saturated heterocycles. The zero-order valence-corrected chi connectivity index (χ0v) is 17.8. The Bertz CT molecular complexity index is 1060. The van der Waals surface area contributed by atoms with Gasteiger partial charge in [0.15, 0.2) is 5.13 Å². The highest BCUT2D eigenvalue weighted by atomic mass is 32.1. The highest BCUT2D eigenvalue weighted by Crippen LogP contribution is 2.26. The Balaban J connectivity index is 1.42. The van der Waals surface area contributed by atoms with Crippen LogP contribution in [0, 0.1) is 6.92 Å². The number of amides is 2. The molecule has 3 N–H and O–H groups in total. The fourth-order valence-electron chi connectivity index (χ4n) is 3.03. The molecule has 7 heteroatoms. The van der Waals surface area contributed by atoms with Crippen molar-refractivity contribution in [3.8, 4) is 0 Å². The van der Waals surface area contributed by atoms with Crippen molar-refractivity contribution in [2.45, 2.75) is 38.8 Å². The average Bonchev–Trinajstić information content (AvgIpc) is 3.44. The third-order valence-electron chi connectivity index (χ3n) is 5.03. The number of anilines is 2. The molecule has 30 heavy (non-hydrogen) atoms. The first-order valence-electron chi connectivity index (χ1n) is 10.00. The van der Waals surface area contributed by atoms with Crippen LogP contribution in [0.5, 0.6) is 0 Å². The first-order valence-corrected chi connectivity index (χ1v) is 10.8. The molecule has 0 unspecified atom stereocenters. The molecule has 2 aromatic carbocycles. The molecule has 154 valence electrons. The molecule has 1 aliphatic rings. The largest absolute Gasteiger partial charge is 0.355 e.